The second-order valence-corrected chi connectivity index (χ2v) is 5.41. The highest BCUT2D eigenvalue weighted by Crippen LogP contribution is 2.35. The van der Waals surface area contributed by atoms with Crippen molar-refractivity contribution in [3.63, 3.8) is 0 Å². The third-order valence-electron chi connectivity index (χ3n) is 3.95. The van der Waals surface area contributed by atoms with Crippen molar-refractivity contribution in [2.45, 2.75) is 51.5 Å². The fourth-order valence-corrected chi connectivity index (χ4v) is 2.67. The minimum Gasteiger partial charge on any atom is -0.324 e. The van der Waals surface area contributed by atoms with Gasteiger partial charge in [-0.3, -0.25) is 0 Å². The molecule has 1 aromatic carbocycles. The quantitative estimate of drug-likeness (QED) is 0.796. The van der Waals surface area contributed by atoms with Crippen LogP contribution in [0.1, 0.15) is 62.6 Å². The van der Waals surface area contributed by atoms with Gasteiger partial charge in [0, 0.05) is 6.04 Å². The summed E-state index contributed by atoms with van der Waals surface area (Å²) in [7, 11) is 0. The monoisotopic (exact) mass is 217 g/mol. The summed E-state index contributed by atoms with van der Waals surface area (Å²) in [4.78, 5) is 0. The van der Waals surface area contributed by atoms with Crippen molar-refractivity contribution in [2.75, 3.05) is 0 Å². The largest absolute Gasteiger partial charge is 0.324 e. The van der Waals surface area contributed by atoms with E-state index in [9.17, 15) is 0 Å². The molecule has 1 unspecified atom stereocenters. The third kappa shape index (κ3) is 2.65. The van der Waals surface area contributed by atoms with Gasteiger partial charge in [-0.05, 0) is 42.7 Å². The molecule has 1 aromatic rings. The lowest BCUT2D eigenvalue weighted by atomic mass is 9.79. The predicted octanol–water partition coefficient (Wildman–Crippen LogP) is 4.00. The molecule has 1 heteroatoms. The fourth-order valence-electron chi connectivity index (χ4n) is 2.67. The first-order chi connectivity index (χ1) is 7.66. The molecule has 0 bridgehead atoms. The zero-order chi connectivity index (χ0) is 11.5. The van der Waals surface area contributed by atoms with Crippen LogP contribution in [0.2, 0.25) is 0 Å². The van der Waals surface area contributed by atoms with E-state index in [1.54, 1.807) is 0 Å². The Bertz CT molecular complexity index is 318. The Labute approximate surface area is 99.0 Å². The molecule has 1 fully saturated rings. The second kappa shape index (κ2) is 5.01. The van der Waals surface area contributed by atoms with Crippen molar-refractivity contribution in [2.24, 2.45) is 11.7 Å². The zero-order valence-electron chi connectivity index (χ0n) is 10.4. The van der Waals surface area contributed by atoms with Crippen molar-refractivity contribution in [3.05, 3.63) is 35.4 Å². The third-order valence-corrected chi connectivity index (χ3v) is 3.95. The number of nitrogens with two attached hydrogens (primary N) is 1. The smallest absolute Gasteiger partial charge is 0.0266 e. The summed E-state index contributed by atoms with van der Waals surface area (Å²) in [6.07, 6.45) is 5.50. The molecule has 1 atom stereocenters. The minimum absolute atomic E-state index is 0.153. The van der Waals surface area contributed by atoms with Gasteiger partial charge in [0.1, 0.15) is 0 Å². The molecular weight excluding hydrogens is 194 g/mol. The average molecular weight is 217 g/mol. The molecule has 0 amide bonds. The average Bonchev–Trinajstić information content (AvgIpc) is 2.30. The molecule has 88 valence electrons. The summed E-state index contributed by atoms with van der Waals surface area (Å²) in [6, 6.07) is 9.09. The van der Waals surface area contributed by atoms with Crippen LogP contribution in [0.5, 0.6) is 0 Å². The van der Waals surface area contributed by atoms with Crippen LogP contribution in [0.3, 0.4) is 0 Å². The van der Waals surface area contributed by atoms with Crippen molar-refractivity contribution in [3.8, 4) is 0 Å². The molecule has 0 saturated heterocycles. The molecule has 0 heterocycles. The van der Waals surface area contributed by atoms with Gasteiger partial charge in [-0.2, -0.15) is 0 Å². The van der Waals surface area contributed by atoms with E-state index in [1.807, 2.05) is 6.92 Å². The number of benzene rings is 1. The lowest BCUT2D eigenvalue weighted by molar-refractivity contribution is 0.348. The van der Waals surface area contributed by atoms with E-state index >= 15 is 0 Å². The molecule has 0 aliphatic heterocycles. The Balaban J connectivity index is 2.04. The van der Waals surface area contributed by atoms with Crippen molar-refractivity contribution < 1.29 is 0 Å². The molecule has 0 radical (unpaired) electrons. The van der Waals surface area contributed by atoms with Crippen molar-refractivity contribution in [1.29, 1.82) is 0 Å². The number of hydrogen-bond acceptors (Lipinski definition) is 1. The Morgan fingerprint density at radius 3 is 2.12 bits per heavy atom. The Morgan fingerprint density at radius 2 is 1.62 bits per heavy atom. The van der Waals surface area contributed by atoms with Crippen LogP contribution in [-0.2, 0) is 0 Å². The van der Waals surface area contributed by atoms with E-state index in [1.165, 1.54) is 36.8 Å². The van der Waals surface area contributed by atoms with Gasteiger partial charge in [-0.25, -0.2) is 0 Å². The van der Waals surface area contributed by atoms with E-state index in [-0.39, 0.29) is 6.04 Å². The Kier molecular flexibility index (Phi) is 3.65. The van der Waals surface area contributed by atoms with E-state index in [0.717, 1.165) is 11.8 Å². The van der Waals surface area contributed by atoms with Gasteiger partial charge in [0.25, 0.3) is 0 Å². The SMILES string of the molecule is CC1CCC(c2ccc(C(C)N)cc2)CC1. The van der Waals surface area contributed by atoms with E-state index in [2.05, 4.69) is 31.2 Å². The van der Waals surface area contributed by atoms with Crippen LogP contribution in [0, 0.1) is 5.92 Å². The normalized spacial score (nSPS) is 27.7. The second-order valence-electron chi connectivity index (χ2n) is 5.41. The van der Waals surface area contributed by atoms with Gasteiger partial charge in [-0.15, -0.1) is 0 Å². The van der Waals surface area contributed by atoms with Gasteiger partial charge in [0.2, 0.25) is 0 Å². The summed E-state index contributed by atoms with van der Waals surface area (Å²) in [6.45, 7) is 4.41. The molecule has 0 spiro atoms. The molecule has 1 nitrogen and oxygen atoms in total. The van der Waals surface area contributed by atoms with Crippen LogP contribution >= 0.6 is 0 Å². The standard InChI is InChI=1S/C15H23N/c1-11-3-5-14(6-4-11)15-9-7-13(8-10-15)12(2)16/h7-12,14H,3-6,16H2,1-2H3. The molecule has 1 aliphatic carbocycles. The highest BCUT2D eigenvalue weighted by atomic mass is 14.6. The molecule has 0 aromatic heterocycles. The van der Waals surface area contributed by atoms with Crippen LogP contribution in [0.4, 0.5) is 0 Å². The van der Waals surface area contributed by atoms with E-state index < -0.39 is 0 Å². The van der Waals surface area contributed by atoms with Gasteiger partial charge in [-0.1, -0.05) is 44.0 Å². The van der Waals surface area contributed by atoms with Gasteiger partial charge in [0.05, 0.1) is 0 Å². The van der Waals surface area contributed by atoms with Crippen LogP contribution < -0.4 is 5.73 Å². The first-order valence-corrected chi connectivity index (χ1v) is 6.52. The fraction of sp³-hybridized carbons (Fsp3) is 0.600. The number of hydrogen-bond donors (Lipinski definition) is 1. The summed E-state index contributed by atoms with van der Waals surface area (Å²) < 4.78 is 0. The summed E-state index contributed by atoms with van der Waals surface area (Å²) in [5.41, 5.74) is 8.61. The van der Waals surface area contributed by atoms with Crippen LogP contribution in [0.25, 0.3) is 0 Å². The van der Waals surface area contributed by atoms with Crippen molar-refractivity contribution in [1.82, 2.24) is 0 Å². The summed E-state index contributed by atoms with van der Waals surface area (Å²) in [5.74, 6) is 1.72. The summed E-state index contributed by atoms with van der Waals surface area (Å²) >= 11 is 0. The topological polar surface area (TPSA) is 26.0 Å². The maximum atomic E-state index is 5.86. The van der Waals surface area contributed by atoms with Crippen LogP contribution in [0.15, 0.2) is 24.3 Å². The van der Waals surface area contributed by atoms with Crippen molar-refractivity contribution >= 4 is 0 Å². The maximum absolute atomic E-state index is 5.86. The zero-order valence-corrected chi connectivity index (χ0v) is 10.4. The maximum Gasteiger partial charge on any atom is 0.0266 e. The van der Waals surface area contributed by atoms with Gasteiger partial charge < -0.3 is 5.73 Å². The Hall–Kier alpha value is -0.820. The Morgan fingerprint density at radius 1 is 1.06 bits per heavy atom. The van der Waals surface area contributed by atoms with E-state index in [4.69, 9.17) is 5.73 Å². The van der Waals surface area contributed by atoms with E-state index in [0.29, 0.717) is 0 Å². The highest BCUT2D eigenvalue weighted by molar-refractivity contribution is 5.27. The van der Waals surface area contributed by atoms with Gasteiger partial charge >= 0.3 is 0 Å². The molecule has 1 saturated carbocycles. The first-order valence-electron chi connectivity index (χ1n) is 6.52. The summed E-state index contributed by atoms with van der Waals surface area (Å²) in [5, 5.41) is 0. The molecule has 16 heavy (non-hydrogen) atoms. The highest BCUT2D eigenvalue weighted by Gasteiger charge is 2.19. The lowest BCUT2D eigenvalue weighted by Crippen LogP contribution is -2.11. The molecule has 2 rings (SSSR count). The first kappa shape index (κ1) is 11.7. The molecule has 2 N–H and O–H groups in total. The van der Waals surface area contributed by atoms with Crippen LogP contribution in [-0.4, -0.2) is 0 Å². The minimum atomic E-state index is 0.153. The van der Waals surface area contributed by atoms with Gasteiger partial charge in [0.15, 0.2) is 0 Å². The lowest BCUT2D eigenvalue weighted by Gasteiger charge is -2.26. The molecular formula is C15H23N. The predicted molar refractivity (Wildman–Crippen MR) is 69.4 cm³/mol. The number of rotatable bonds is 2. The molecule has 1 aliphatic rings.